The molecule has 190 valence electrons. The molecular weight excluding hydrogens is 478 g/mol. The summed E-state index contributed by atoms with van der Waals surface area (Å²) in [6, 6.07) is 25.4. The van der Waals surface area contributed by atoms with Gasteiger partial charge in [0.05, 0.1) is 24.7 Å². The lowest BCUT2D eigenvalue weighted by Gasteiger charge is -2.26. The topological polar surface area (TPSA) is 90.9 Å². The van der Waals surface area contributed by atoms with Crippen LogP contribution in [0.1, 0.15) is 23.1 Å². The molecule has 1 N–H and O–H groups in total. The highest BCUT2D eigenvalue weighted by molar-refractivity contribution is 7.90. The van der Waals surface area contributed by atoms with Gasteiger partial charge >= 0.3 is 6.09 Å². The Morgan fingerprint density at radius 2 is 1.47 bits per heavy atom. The van der Waals surface area contributed by atoms with Gasteiger partial charge in [-0.25, -0.2) is 17.9 Å². The molecule has 0 aliphatic rings. The van der Waals surface area contributed by atoms with Gasteiger partial charge in [-0.3, -0.25) is 0 Å². The third-order valence-corrected chi connectivity index (χ3v) is 6.65. The summed E-state index contributed by atoms with van der Waals surface area (Å²) in [5.41, 5.74) is 2.83. The fraction of sp³-hybridized carbons (Fsp3) is 0.250. The van der Waals surface area contributed by atoms with Gasteiger partial charge in [0.1, 0.15) is 12.2 Å². The molecule has 3 rings (SSSR count). The predicted molar refractivity (Wildman–Crippen MR) is 138 cm³/mol. The SMILES string of the molecule is C=CC[C@H](OC(=O)NS(=O)(=O)c1ccc(C)cc1)[C@@H](COCc1ccccc1)OCc1ccccc1. The molecule has 0 saturated carbocycles. The van der Waals surface area contributed by atoms with E-state index in [9.17, 15) is 13.2 Å². The van der Waals surface area contributed by atoms with Crippen LogP contribution in [-0.4, -0.2) is 33.3 Å². The number of carbonyl (C=O) groups is 1. The predicted octanol–water partition coefficient (Wildman–Crippen LogP) is 5.16. The zero-order valence-electron chi connectivity index (χ0n) is 20.2. The maximum absolute atomic E-state index is 12.6. The summed E-state index contributed by atoms with van der Waals surface area (Å²) < 4.78 is 44.7. The molecule has 3 aromatic carbocycles. The Kier molecular flexibility index (Phi) is 10.2. The van der Waals surface area contributed by atoms with Crippen molar-refractivity contribution in [2.75, 3.05) is 6.61 Å². The van der Waals surface area contributed by atoms with Crippen LogP contribution in [0.2, 0.25) is 0 Å². The Labute approximate surface area is 212 Å². The standard InChI is InChI=1S/C28H31NO6S/c1-3-10-26(35-28(30)29-36(31,32)25-17-15-22(2)16-18-25)27(34-20-24-13-8-5-9-14-24)21-33-19-23-11-6-4-7-12-23/h3-9,11-18,26-27H,1,10,19-21H2,2H3,(H,29,30)/t26-,27+/m0/s1. The van der Waals surface area contributed by atoms with Gasteiger partial charge in [0.25, 0.3) is 10.0 Å². The number of rotatable bonds is 13. The molecule has 2 atom stereocenters. The average Bonchev–Trinajstić information content (AvgIpc) is 2.87. The Morgan fingerprint density at radius 3 is 2.06 bits per heavy atom. The molecule has 3 aromatic rings. The van der Waals surface area contributed by atoms with Crippen molar-refractivity contribution >= 4 is 16.1 Å². The maximum atomic E-state index is 12.6. The number of benzene rings is 3. The lowest BCUT2D eigenvalue weighted by atomic mass is 10.1. The van der Waals surface area contributed by atoms with Crippen LogP contribution in [0, 0.1) is 6.92 Å². The fourth-order valence-electron chi connectivity index (χ4n) is 3.40. The first-order chi connectivity index (χ1) is 17.4. The van der Waals surface area contributed by atoms with Crippen molar-refractivity contribution in [3.05, 3.63) is 114 Å². The lowest BCUT2D eigenvalue weighted by molar-refractivity contribution is -0.0900. The molecule has 0 bridgehead atoms. The van der Waals surface area contributed by atoms with Crippen LogP contribution in [0.5, 0.6) is 0 Å². The minimum atomic E-state index is -4.09. The minimum Gasteiger partial charge on any atom is -0.442 e. The van der Waals surface area contributed by atoms with Gasteiger partial charge in [0, 0.05) is 6.42 Å². The van der Waals surface area contributed by atoms with Crippen LogP contribution in [-0.2, 0) is 37.4 Å². The number of hydrogen-bond acceptors (Lipinski definition) is 6. The van der Waals surface area contributed by atoms with E-state index in [4.69, 9.17) is 14.2 Å². The van der Waals surface area contributed by atoms with E-state index in [-0.39, 0.29) is 24.5 Å². The summed E-state index contributed by atoms with van der Waals surface area (Å²) in [6.07, 6.45) is -0.761. The second kappa shape index (κ2) is 13.6. The summed E-state index contributed by atoms with van der Waals surface area (Å²) in [7, 11) is -4.09. The zero-order chi connectivity index (χ0) is 25.8. The molecule has 0 aliphatic heterocycles. The molecule has 36 heavy (non-hydrogen) atoms. The number of nitrogens with one attached hydrogen (secondary N) is 1. The van der Waals surface area contributed by atoms with Gasteiger partial charge in [-0.2, -0.15) is 0 Å². The second-order valence-electron chi connectivity index (χ2n) is 8.22. The van der Waals surface area contributed by atoms with E-state index < -0.39 is 28.3 Å². The maximum Gasteiger partial charge on any atom is 0.421 e. The van der Waals surface area contributed by atoms with Crippen LogP contribution < -0.4 is 4.72 Å². The molecule has 7 nitrogen and oxygen atoms in total. The Hall–Kier alpha value is -3.46. The highest BCUT2D eigenvalue weighted by Crippen LogP contribution is 2.16. The third kappa shape index (κ3) is 8.64. The van der Waals surface area contributed by atoms with Crippen molar-refractivity contribution in [3.8, 4) is 0 Å². The first-order valence-corrected chi connectivity index (χ1v) is 13.0. The van der Waals surface area contributed by atoms with E-state index in [1.165, 1.54) is 12.1 Å². The van der Waals surface area contributed by atoms with Crippen LogP contribution in [0.15, 0.2) is 102 Å². The highest BCUT2D eigenvalue weighted by Gasteiger charge is 2.28. The van der Waals surface area contributed by atoms with Gasteiger partial charge < -0.3 is 14.2 Å². The Morgan fingerprint density at radius 1 is 0.889 bits per heavy atom. The number of carbonyl (C=O) groups excluding carboxylic acids is 1. The number of aryl methyl sites for hydroxylation is 1. The first kappa shape index (κ1) is 27.1. The summed E-state index contributed by atoms with van der Waals surface area (Å²) in [4.78, 5) is 12.6. The monoisotopic (exact) mass is 509 g/mol. The molecule has 0 fully saturated rings. The van der Waals surface area contributed by atoms with Crippen molar-refractivity contribution in [2.24, 2.45) is 0 Å². The number of sulfonamides is 1. The van der Waals surface area contributed by atoms with Crippen molar-refractivity contribution < 1.29 is 27.4 Å². The van der Waals surface area contributed by atoms with Crippen LogP contribution >= 0.6 is 0 Å². The molecule has 0 aromatic heterocycles. The van der Waals surface area contributed by atoms with E-state index in [2.05, 4.69) is 6.58 Å². The largest absolute Gasteiger partial charge is 0.442 e. The van der Waals surface area contributed by atoms with Crippen molar-refractivity contribution in [1.82, 2.24) is 4.72 Å². The molecule has 0 aliphatic carbocycles. The van der Waals surface area contributed by atoms with E-state index in [1.54, 1.807) is 18.2 Å². The second-order valence-corrected chi connectivity index (χ2v) is 9.90. The van der Waals surface area contributed by atoms with Gasteiger partial charge in [0.2, 0.25) is 0 Å². The zero-order valence-corrected chi connectivity index (χ0v) is 21.0. The average molecular weight is 510 g/mol. The normalized spacial score (nSPS) is 12.9. The molecule has 0 radical (unpaired) electrons. The first-order valence-electron chi connectivity index (χ1n) is 11.6. The third-order valence-electron chi connectivity index (χ3n) is 5.32. The molecule has 0 heterocycles. The molecule has 0 saturated heterocycles. The van der Waals surface area contributed by atoms with E-state index >= 15 is 0 Å². The quantitative estimate of drug-likeness (QED) is 0.320. The van der Waals surface area contributed by atoms with Crippen LogP contribution in [0.25, 0.3) is 0 Å². The fourth-order valence-corrected chi connectivity index (χ4v) is 4.27. The molecule has 0 spiro atoms. The highest BCUT2D eigenvalue weighted by atomic mass is 32.2. The van der Waals surface area contributed by atoms with Gasteiger partial charge in [-0.15, -0.1) is 6.58 Å². The summed E-state index contributed by atoms with van der Waals surface area (Å²) in [5.74, 6) is 0. The summed E-state index contributed by atoms with van der Waals surface area (Å²) in [5, 5.41) is 0. The van der Waals surface area contributed by atoms with Gasteiger partial charge in [-0.1, -0.05) is 84.4 Å². The van der Waals surface area contributed by atoms with Gasteiger partial charge in [0.15, 0.2) is 0 Å². The Bertz CT molecular complexity index is 1200. The van der Waals surface area contributed by atoms with E-state index in [1.807, 2.05) is 72.3 Å². The van der Waals surface area contributed by atoms with Crippen LogP contribution in [0.3, 0.4) is 0 Å². The van der Waals surface area contributed by atoms with Gasteiger partial charge in [-0.05, 0) is 30.2 Å². The minimum absolute atomic E-state index is 0.0339. The van der Waals surface area contributed by atoms with Crippen LogP contribution in [0.4, 0.5) is 4.79 Å². The summed E-state index contributed by atoms with van der Waals surface area (Å²) in [6.45, 7) is 6.32. The van der Waals surface area contributed by atoms with E-state index in [0.717, 1.165) is 16.7 Å². The van der Waals surface area contributed by atoms with Crippen molar-refractivity contribution in [2.45, 2.75) is 43.7 Å². The summed E-state index contributed by atoms with van der Waals surface area (Å²) >= 11 is 0. The molecule has 1 amide bonds. The van der Waals surface area contributed by atoms with Crippen molar-refractivity contribution in [1.29, 1.82) is 0 Å². The van der Waals surface area contributed by atoms with E-state index in [0.29, 0.717) is 6.61 Å². The number of ether oxygens (including phenoxy) is 3. The molecule has 8 heteroatoms. The smallest absolute Gasteiger partial charge is 0.421 e. The lowest BCUT2D eigenvalue weighted by Crippen LogP contribution is -2.41. The number of hydrogen-bond donors (Lipinski definition) is 1. The van der Waals surface area contributed by atoms with Crippen molar-refractivity contribution in [3.63, 3.8) is 0 Å². The molecule has 0 unspecified atom stereocenters. The Balaban J connectivity index is 1.69. The molecular formula is C28H31NO6S. The number of amides is 1.